The van der Waals surface area contributed by atoms with E-state index in [1.54, 1.807) is 7.05 Å². The van der Waals surface area contributed by atoms with Crippen LogP contribution in [0.15, 0.2) is 4.99 Å². The van der Waals surface area contributed by atoms with Crippen LogP contribution in [0, 0.1) is 0 Å². The highest BCUT2D eigenvalue weighted by Crippen LogP contribution is 2.24. The maximum absolute atomic E-state index is 12.7. The Morgan fingerprint density at radius 2 is 2.08 bits per heavy atom. The number of aliphatic imine (C=N–C) groups is 1. The van der Waals surface area contributed by atoms with E-state index in [9.17, 15) is 4.79 Å². The van der Waals surface area contributed by atoms with E-state index in [4.69, 9.17) is 0 Å². The van der Waals surface area contributed by atoms with Crippen LogP contribution in [0.4, 0.5) is 0 Å². The number of carbonyl (C=O) groups is 1. The van der Waals surface area contributed by atoms with Gasteiger partial charge in [0.15, 0.2) is 11.8 Å². The number of nitrogens with one attached hydrogen (secondary N) is 1. The number of amides is 1. The zero-order valence-corrected chi connectivity index (χ0v) is 16.6. The molecule has 0 atom stereocenters. The smallest absolute Gasteiger partial charge is 0.242 e. The molecular formula is C18H31N7O. The Kier molecular flexibility index (Phi) is 5.20. The van der Waals surface area contributed by atoms with Crippen LogP contribution in [-0.4, -0.2) is 68.1 Å². The highest BCUT2D eigenvalue weighted by Gasteiger charge is 2.40. The lowest BCUT2D eigenvalue weighted by atomic mass is 9.96. The van der Waals surface area contributed by atoms with Gasteiger partial charge in [-0.05, 0) is 40.5 Å². The highest BCUT2D eigenvalue weighted by molar-refractivity contribution is 5.88. The van der Waals surface area contributed by atoms with Crippen molar-refractivity contribution >= 4 is 11.9 Å². The summed E-state index contributed by atoms with van der Waals surface area (Å²) >= 11 is 0. The third kappa shape index (κ3) is 3.54. The maximum atomic E-state index is 12.7. The van der Waals surface area contributed by atoms with E-state index >= 15 is 0 Å². The summed E-state index contributed by atoms with van der Waals surface area (Å²) in [5.74, 6) is 2.89. The van der Waals surface area contributed by atoms with Crippen molar-refractivity contribution in [2.45, 2.75) is 71.6 Å². The van der Waals surface area contributed by atoms with Crippen LogP contribution in [-0.2, 0) is 24.3 Å². The highest BCUT2D eigenvalue weighted by atomic mass is 16.2. The molecule has 1 saturated heterocycles. The van der Waals surface area contributed by atoms with Gasteiger partial charge in [0.05, 0.1) is 18.6 Å². The fourth-order valence-electron chi connectivity index (χ4n) is 4.30. The van der Waals surface area contributed by atoms with Crippen LogP contribution >= 0.6 is 0 Å². The van der Waals surface area contributed by atoms with Crippen LogP contribution in [0.5, 0.6) is 0 Å². The molecule has 1 aromatic heterocycles. The Bertz CT molecular complexity index is 692. The second kappa shape index (κ2) is 7.25. The summed E-state index contributed by atoms with van der Waals surface area (Å²) in [6, 6.07) is 0.192. The minimum Gasteiger partial charge on any atom is -0.349 e. The van der Waals surface area contributed by atoms with E-state index in [0.29, 0.717) is 13.1 Å². The molecule has 0 aromatic carbocycles. The van der Waals surface area contributed by atoms with E-state index < -0.39 is 0 Å². The first-order valence-corrected chi connectivity index (χ1v) is 9.52. The average molecular weight is 361 g/mol. The van der Waals surface area contributed by atoms with E-state index in [1.807, 2.05) is 9.80 Å². The zero-order valence-electron chi connectivity index (χ0n) is 16.6. The molecule has 0 aliphatic carbocycles. The molecule has 8 heteroatoms. The molecule has 3 rings (SSSR count). The number of hydrogen-bond acceptors (Lipinski definition) is 4. The van der Waals surface area contributed by atoms with Crippen LogP contribution in [0.1, 0.15) is 52.2 Å². The standard InChI is InChI=1S/C18H31N7O/c1-13(2)25-16(26)11-23(12-18(25,3)4)17(19-5)20-10-15-22-21-14-8-6-7-9-24(14)15/h13H,6-12H2,1-5H3,(H,19,20). The van der Waals surface area contributed by atoms with Gasteiger partial charge in [-0.1, -0.05) is 0 Å². The Hall–Kier alpha value is -2.12. The number of hydrogen-bond donors (Lipinski definition) is 1. The maximum Gasteiger partial charge on any atom is 0.242 e. The van der Waals surface area contributed by atoms with Crippen molar-refractivity contribution in [2.75, 3.05) is 20.1 Å². The van der Waals surface area contributed by atoms with Gasteiger partial charge in [0.2, 0.25) is 5.91 Å². The fraction of sp³-hybridized carbons (Fsp3) is 0.778. The predicted octanol–water partition coefficient (Wildman–Crippen LogP) is 1.02. The van der Waals surface area contributed by atoms with Gasteiger partial charge in [-0.25, -0.2) is 0 Å². The largest absolute Gasteiger partial charge is 0.349 e. The van der Waals surface area contributed by atoms with Crippen molar-refractivity contribution < 1.29 is 4.79 Å². The lowest BCUT2D eigenvalue weighted by Crippen LogP contribution is -2.66. The van der Waals surface area contributed by atoms with Gasteiger partial charge in [0.25, 0.3) is 0 Å². The van der Waals surface area contributed by atoms with E-state index in [0.717, 1.165) is 37.1 Å². The molecule has 0 unspecified atom stereocenters. The van der Waals surface area contributed by atoms with E-state index in [1.165, 1.54) is 12.8 Å². The predicted molar refractivity (Wildman–Crippen MR) is 101 cm³/mol. The summed E-state index contributed by atoms with van der Waals surface area (Å²) < 4.78 is 2.20. The van der Waals surface area contributed by atoms with Crippen molar-refractivity contribution in [1.82, 2.24) is 29.9 Å². The van der Waals surface area contributed by atoms with Gasteiger partial charge in [-0.15, -0.1) is 10.2 Å². The number of nitrogens with zero attached hydrogens (tertiary/aromatic N) is 6. The van der Waals surface area contributed by atoms with E-state index in [-0.39, 0.29) is 17.5 Å². The lowest BCUT2D eigenvalue weighted by Gasteiger charge is -2.49. The summed E-state index contributed by atoms with van der Waals surface area (Å²) in [6.45, 7) is 11.0. The molecule has 0 radical (unpaired) electrons. The molecule has 0 bridgehead atoms. The second-order valence-electron chi connectivity index (χ2n) is 8.07. The Balaban J connectivity index is 1.68. The molecule has 3 heterocycles. The number of fused-ring (bicyclic) bond motifs is 1. The second-order valence-corrected chi connectivity index (χ2v) is 8.07. The third-order valence-electron chi connectivity index (χ3n) is 5.19. The number of aromatic nitrogens is 3. The molecule has 1 fully saturated rings. The summed E-state index contributed by atoms with van der Waals surface area (Å²) in [5, 5.41) is 12.0. The molecule has 0 spiro atoms. The number of guanidine groups is 1. The van der Waals surface area contributed by atoms with Crippen LogP contribution < -0.4 is 5.32 Å². The van der Waals surface area contributed by atoms with Gasteiger partial charge >= 0.3 is 0 Å². The normalized spacial score (nSPS) is 20.5. The minimum absolute atomic E-state index is 0.138. The molecule has 2 aliphatic rings. The molecule has 2 aliphatic heterocycles. The van der Waals surface area contributed by atoms with E-state index in [2.05, 4.69) is 52.8 Å². The summed E-state index contributed by atoms with van der Waals surface area (Å²) in [4.78, 5) is 21.1. The van der Waals surface area contributed by atoms with Crippen molar-refractivity contribution in [3.63, 3.8) is 0 Å². The van der Waals surface area contributed by atoms with Crippen LogP contribution in [0.3, 0.4) is 0 Å². The minimum atomic E-state index is -0.241. The quantitative estimate of drug-likeness (QED) is 0.642. The van der Waals surface area contributed by atoms with Crippen molar-refractivity contribution in [3.8, 4) is 0 Å². The SMILES string of the molecule is CN=C(NCc1nnc2n1CCCC2)N1CC(=O)N(C(C)C)C(C)(C)C1. The third-order valence-corrected chi connectivity index (χ3v) is 5.19. The Morgan fingerprint density at radius 1 is 1.31 bits per heavy atom. The van der Waals surface area contributed by atoms with Crippen LogP contribution in [0.2, 0.25) is 0 Å². The first-order chi connectivity index (χ1) is 12.3. The van der Waals surface area contributed by atoms with Gasteiger partial charge in [0.1, 0.15) is 5.82 Å². The Labute approximate surface area is 155 Å². The van der Waals surface area contributed by atoms with Gasteiger partial charge in [-0.2, -0.15) is 0 Å². The fourth-order valence-corrected chi connectivity index (χ4v) is 4.30. The molecule has 1 N–H and O–H groups in total. The van der Waals surface area contributed by atoms with Gasteiger partial charge < -0.3 is 19.7 Å². The first kappa shape index (κ1) is 18.7. The van der Waals surface area contributed by atoms with Crippen molar-refractivity contribution in [2.24, 2.45) is 4.99 Å². The molecule has 144 valence electrons. The molecular weight excluding hydrogens is 330 g/mol. The summed E-state index contributed by atoms with van der Waals surface area (Å²) in [6.07, 6.45) is 3.36. The van der Waals surface area contributed by atoms with Gasteiger partial charge in [-0.3, -0.25) is 9.79 Å². The first-order valence-electron chi connectivity index (χ1n) is 9.52. The lowest BCUT2D eigenvalue weighted by molar-refractivity contribution is -0.145. The zero-order chi connectivity index (χ0) is 18.9. The number of piperazine rings is 1. The Morgan fingerprint density at radius 3 is 2.73 bits per heavy atom. The topological polar surface area (TPSA) is 78.6 Å². The van der Waals surface area contributed by atoms with Crippen LogP contribution in [0.25, 0.3) is 0 Å². The molecule has 8 nitrogen and oxygen atoms in total. The molecule has 1 aromatic rings. The monoisotopic (exact) mass is 361 g/mol. The van der Waals surface area contributed by atoms with Gasteiger partial charge in [0, 0.05) is 32.6 Å². The molecule has 26 heavy (non-hydrogen) atoms. The number of carbonyl (C=O) groups excluding carboxylic acids is 1. The number of rotatable bonds is 3. The molecule has 0 saturated carbocycles. The number of aryl methyl sites for hydroxylation is 1. The summed E-state index contributed by atoms with van der Waals surface area (Å²) in [7, 11) is 1.76. The van der Waals surface area contributed by atoms with Crippen molar-refractivity contribution in [3.05, 3.63) is 11.6 Å². The molecule has 1 amide bonds. The van der Waals surface area contributed by atoms with Crippen molar-refractivity contribution in [1.29, 1.82) is 0 Å². The average Bonchev–Trinajstić information content (AvgIpc) is 2.97. The summed E-state index contributed by atoms with van der Waals surface area (Å²) in [5.41, 5.74) is -0.241.